The Morgan fingerprint density at radius 1 is 1.23 bits per heavy atom. The summed E-state index contributed by atoms with van der Waals surface area (Å²) in [5.41, 5.74) is 0.706. The van der Waals surface area contributed by atoms with Crippen molar-refractivity contribution in [2.24, 2.45) is 5.92 Å². The van der Waals surface area contributed by atoms with Crippen LogP contribution in [0.5, 0.6) is 0 Å². The third-order valence-corrected chi connectivity index (χ3v) is 5.09. The number of nitrogens with one attached hydrogen (secondary N) is 2. The molecule has 1 unspecified atom stereocenters. The normalized spacial score (nSPS) is 14.6. The number of rotatable bonds is 6. The molecule has 1 aromatic carbocycles. The average molecular weight is 417 g/mol. The Morgan fingerprint density at radius 2 is 2.03 bits per heavy atom. The highest BCUT2D eigenvalue weighted by molar-refractivity contribution is 5.97. The standard InChI is InChI=1S/C21H28FN5O3/c1-13(2)11-17(24-21(29)30-3)20(28)23-16-12-14(8-9-15(16)22)19-26-25-18-7-5-4-6-10-27(18)19/h8-9,12-13,17H,4-7,10-11H2,1-3H3,(H,23,28)(H,24,29). The summed E-state index contributed by atoms with van der Waals surface area (Å²) in [7, 11) is 1.23. The number of alkyl carbamates (subject to hydrolysis) is 1. The molecule has 2 N–H and O–H groups in total. The van der Waals surface area contributed by atoms with E-state index in [1.54, 1.807) is 12.1 Å². The van der Waals surface area contributed by atoms with Gasteiger partial charge in [0.25, 0.3) is 0 Å². The number of carbonyl (C=O) groups is 2. The zero-order valence-electron chi connectivity index (χ0n) is 17.6. The van der Waals surface area contributed by atoms with Crippen LogP contribution in [-0.2, 0) is 22.5 Å². The van der Waals surface area contributed by atoms with Crippen LogP contribution in [0.15, 0.2) is 18.2 Å². The first kappa shape index (κ1) is 21.7. The molecule has 162 valence electrons. The second-order valence-corrected chi connectivity index (χ2v) is 7.90. The van der Waals surface area contributed by atoms with Crippen LogP contribution in [-0.4, -0.2) is 39.9 Å². The lowest BCUT2D eigenvalue weighted by molar-refractivity contribution is -0.118. The summed E-state index contributed by atoms with van der Waals surface area (Å²) in [6.45, 7) is 4.67. The first-order chi connectivity index (χ1) is 14.4. The highest BCUT2D eigenvalue weighted by atomic mass is 19.1. The highest BCUT2D eigenvalue weighted by Crippen LogP contribution is 2.27. The van der Waals surface area contributed by atoms with Gasteiger partial charge in [0.15, 0.2) is 5.82 Å². The van der Waals surface area contributed by atoms with E-state index in [2.05, 4.69) is 30.1 Å². The van der Waals surface area contributed by atoms with Crippen molar-refractivity contribution in [1.82, 2.24) is 20.1 Å². The topological polar surface area (TPSA) is 98.1 Å². The molecule has 8 nitrogen and oxygen atoms in total. The Kier molecular flexibility index (Phi) is 7.02. The van der Waals surface area contributed by atoms with Gasteiger partial charge >= 0.3 is 6.09 Å². The van der Waals surface area contributed by atoms with E-state index < -0.39 is 23.9 Å². The van der Waals surface area contributed by atoms with Gasteiger partial charge in [-0.2, -0.15) is 0 Å². The minimum absolute atomic E-state index is 0.0314. The van der Waals surface area contributed by atoms with Crippen molar-refractivity contribution >= 4 is 17.7 Å². The molecule has 1 aliphatic rings. The maximum Gasteiger partial charge on any atom is 0.407 e. The summed E-state index contributed by atoms with van der Waals surface area (Å²) >= 11 is 0. The summed E-state index contributed by atoms with van der Waals surface area (Å²) < 4.78 is 21.1. The fourth-order valence-electron chi connectivity index (χ4n) is 3.58. The van der Waals surface area contributed by atoms with E-state index >= 15 is 0 Å². The molecule has 0 spiro atoms. The fraction of sp³-hybridized carbons (Fsp3) is 0.524. The predicted octanol–water partition coefficient (Wildman–Crippen LogP) is 3.52. The lowest BCUT2D eigenvalue weighted by Crippen LogP contribution is -2.44. The van der Waals surface area contributed by atoms with E-state index in [4.69, 9.17) is 0 Å². The number of fused-ring (bicyclic) bond motifs is 1. The van der Waals surface area contributed by atoms with Crippen LogP contribution in [0.25, 0.3) is 11.4 Å². The largest absolute Gasteiger partial charge is 0.453 e. The van der Waals surface area contributed by atoms with Gasteiger partial charge in [-0.3, -0.25) is 4.79 Å². The van der Waals surface area contributed by atoms with Gasteiger partial charge in [-0.05, 0) is 43.4 Å². The van der Waals surface area contributed by atoms with Crippen LogP contribution in [0, 0.1) is 11.7 Å². The fourth-order valence-corrected chi connectivity index (χ4v) is 3.58. The number of anilines is 1. The van der Waals surface area contributed by atoms with Crippen molar-refractivity contribution in [3.05, 3.63) is 29.8 Å². The monoisotopic (exact) mass is 417 g/mol. The Morgan fingerprint density at radius 3 is 2.77 bits per heavy atom. The summed E-state index contributed by atoms with van der Waals surface area (Å²) in [5, 5.41) is 13.7. The van der Waals surface area contributed by atoms with E-state index in [0.29, 0.717) is 17.8 Å². The number of benzene rings is 1. The third kappa shape index (κ3) is 5.14. The maximum absolute atomic E-state index is 14.5. The molecule has 0 saturated carbocycles. The van der Waals surface area contributed by atoms with Crippen LogP contribution in [0.2, 0.25) is 0 Å². The smallest absolute Gasteiger partial charge is 0.407 e. The zero-order valence-corrected chi connectivity index (χ0v) is 17.6. The molecule has 0 bridgehead atoms. The molecule has 9 heteroatoms. The number of hydrogen-bond acceptors (Lipinski definition) is 5. The predicted molar refractivity (Wildman–Crippen MR) is 110 cm³/mol. The average Bonchev–Trinajstić information content (AvgIpc) is 2.96. The van der Waals surface area contributed by atoms with Crippen molar-refractivity contribution in [3.8, 4) is 11.4 Å². The van der Waals surface area contributed by atoms with Crippen LogP contribution < -0.4 is 10.6 Å². The first-order valence-corrected chi connectivity index (χ1v) is 10.3. The molecule has 0 aliphatic carbocycles. The van der Waals surface area contributed by atoms with Crippen molar-refractivity contribution in [2.75, 3.05) is 12.4 Å². The SMILES string of the molecule is COC(=O)NC(CC(C)C)C(=O)Nc1cc(-c2nnc3n2CCCCC3)ccc1F. The van der Waals surface area contributed by atoms with Gasteiger partial charge in [0.05, 0.1) is 12.8 Å². The van der Waals surface area contributed by atoms with Gasteiger partial charge in [0, 0.05) is 18.5 Å². The summed E-state index contributed by atoms with van der Waals surface area (Å²) in [5.74, 6) is 0.653. The van der Waals surface area contributed by atoms with Gasteiger partial charge in [0.1, 0.15) is 17.7 Å². The number of nitrogens with zero attached hydrogens (tertiary/aromatic N) is 3. The minimum Gasteiger partial charge on any atom is -0.453 e. The van der Waals surface area contributed by atoms with Crippen LogP contribution >= 0.6 is 0 Å². The number of ether oxygens (including phenoxy) is 1. The highest BCUT2D eigenvalue weighted by Gasteiger charge is 2.24. The first-order valence-electron chi connectivity index (χ1n) is 10.3. The second-order valence-electron chi connectivity index (χ2n) is 7.90. The molecule has 2 amide bonds. The number of hydrogen-bond donors (Lipinski definition) is 2. The van der Waals surface area contributed by atoms with Crippen LogP contribution in [0.4, 0.5) is 14.9 Å². The molecular weight excluding hydrogens is 389 g/mol. The second kappa shape index (κ2) is 9.69. The third-order valence-electron chi connectivity index (χ3n) is 5.09. The molecular formula is C21H28FN5O3. The van der Waals surface area contributed by atoms with Gasteiger partial charge in [-0.1, -0.05) is 20.3 Å². The van der Waals surface area contributed by atoms with Crippen LogP contribution in [0.1, 0.15) is 45.4 Å². The summed E-state index contributed by atoms with van der Waals surface area (Å²) in [6.07, 6.45) is 3.80. The van der Waals surface area contributed by atoms with E-state index in [9.17, 15) is 14.0 Å². The van der Waals surface area contributed by atoms with Crippen molar-refractivity contribution < 1.29 is 18.7 Å². The van der Waals surface area contributed by atoms with Crippen molar-refractivity contribution in [3.63, 3.8) is 0 Å². The van der Waals surface area contributed by atoms with Crippen LogP contribution in [0.3, 0.4) is 0 Å². The van der Waals surface area contributed by atoms with Gasteiger partial charge in [0.2, 0.25) is 5.91 Å². The lowest BCUT2D eigenvalue weighted by Gasteiger charge is -2.20. The van der Waals surface area contributed by atoms with E-state index in [1.807, 2.05) is 13.8 Å². The molecule has 1 atom stereocenters. The maximum atomic E-state index is 14.5. The molecule has 0 radical (unpaired) electrons. The number of amides is 2. The van der Waals surface area contributed by atoms with Crippen molar-refractivity contribution in [1.29, 1.82) is 0 Å². The summed E-state index contributed by atoms with van der Waals surface area (Å²) in [4.78, 5) is 24.3. The molecule has 0 saturated heterocycles. The molecule has 2 heterocycles. The van der Waals surface area contributed by atoms with Gasteiger partial charge in [-0.25, -0.2) is 9.18 Å². The summed E-state index contributed by atoms with van der Waals surface area (Å²) in [6, 6.07) is 3.64. The molecule has 1 aromatic heterocycles. The number of carbonyl (C=O) groups excluding carboxylic acids is 2. The van der Waals surface area contributed by atoms with E-state index in [-0.39, 0.29) is 11.6 Å². The van der Waals surface area contributed by atoms with Gasteiger partial charge in [-0.15, -0.1) is 10.2 Å². The number of aryl methyl sites for hydroxylation is 1. The number of halogens is 1. The molecule has 3 rings (SSSR count). The minimum atomic E-state index is -0.843. The Hall–Kier alpha value is -2.97. The lowest BCUT2D eigenvalue weighted by atomic mass is 10.0. The van der Waals surface area contributed by atoms with Gasteiger partial charge < -0.3 is 19.9 Å². The Labute approximate surface area is 175 Å². The van der Waals surface area contributed by atoms with Crippen molar-refractivity contribution in [2.45, 2.75) is 58.5 Å². The number of aromatic nitrogens is 3. The molecule has 30 heavy (non-hydrogen) atoms. The molecule has 1 aliphatic heterocycles. The Bertz CT molecular complexity index is 912. The Balaban J connectivity index is 1.84. The van der Waals surface area contributed by atoms with E-state index in [0.717, 1.165) is 38.1 Å². The quantitative estimate of drug-likeness (QED) is 0.749. The number of methoxy groups -OCH3 is 1. The zero-order chi connectivity index (χ0) is 21.7. The van der Waals surface area contributed by atoms with E-state index in [1.165, 1.54) is 13.2 Å². The molecule has 2 aromatic rings. The molecule has 0 fully saturated rings.